The van der Waals surface area contributed by atoms with Crippen LogP contribution < -0.4 is 15.2 Å². The lowest BCUT2D eigenvalue weighted by Gasteiger charge is -2.22. The molecule has 0 aliphatic heterocycles. The monoisotopic (exact) mass is 534 g/mol. The Labute approximate surface area is 226 Å². The van der Waals surface area contributed by atoms with E-state index in [4.69, 9.17) is 24.9 Å². The maximum absolute atomic E-state index is 12.4. The number of aromatic nitrogens is 1. The lowest BCUT2D eigenvalue weighted by atomic mass is 9.90. The zero-order chi connectivity index (χ0) is 24.8. The van der Waals surface area contributed by atoms with E-state index >= 15 is 0 Å². The largest absolute Gasteiger partial charge is 0.497 e. The molecule has 36 heavy (non-hydrogen) atoms. The number of pyridine rings is 1. The van der Waals surface area contributed by atoms with Crippen molar-refractivity contribution in [2.45, 2.75) is 47.3 Å². The van der Waals surface area contributed by atoms with Gasteiger partial charge in [0.2, 0.25) is 0 Å². The average molecular weight is 536 g/mol. The van der Waals surface area contributed by atoms with Gasteiger partial charge in [0.1, 0.15) is 23.7 Å². The smallest absolute Gasteiger partial charge is 0.341 e. The van der Waals surface area contributed by atoms with Crippen molar-refractivity contribution in [3.05, 3.63) is 76.1 Å². The van der Waals surface area contributed by atoms with Crippen LogP contribution in [0.1, 0.15) is 52.3 Å². The molecule has 0 fully saturated rings. The third kappa shape index (κ3) is 7.12. The number of hydrogen-bond acceptors (Lipinski definition) is 6. The number of carbonyl (C=O) groups is 1. The number of halogens is 2. The molecule has 0 unspecified atom stereocenters. The van der Waals surface area contributed by atoms with Crippen molar-refractivity contribution in [1.82, 2.24) is 4.98 Å². The van der Waals surface area contributed by atoms with Crippen LogP contribution in [0.15, 0.2) is 42.5 Å². The van der Waals surface area contributed by atoms with Crippen molar-refractivity contribution >= 4 is 30.8 Å². The molecule has 196 valence electrons. The van der Waals surface area contributed by atoms with E-state index in [1.54, 1.807) is 25.3 Å². The van der Waals surface area contributed by atoms with E-state index < -0.39 is 5.97 Å². The summed E-state index contributed by atoms with van der Waals surface area (Å²) in [6, 6.07) is 13.5. The van der Waals surface area contributed by atoms with Gasteiger partial charge in [0.15, 0.2) is 0 Å². The molecule has 0 saturated heterocycles. The van der Waals surface area contributed by atoms with Gasteiger partial charge in [-0.2, -0.15) is 0 Å². The molecule has 0 atom stereocenters. The number of nitrogens with two attached hydrogens (primary N) is 1. The highest BCUT2D eigenvalue weighted by Gasteiger charge is 2.21. The van der Waals surface area contributed by atoms with E-state index in [0.717, 1.165) is 40.1 Å². The van der Waals surface area contributed by atoms with E-state index in [0.29, 0.717) is 29.5 Å². The summed E-state index contributed by atoms with van der Waals surface area (Å²) in [7, 11) is 2.89. The van der Waals surface area contributed by atoms with Crippen LogP contribution in [-0.2, 0) is 24.3 Å². The van der Waals surface area contributed by atoms with Gasteiger partial charge >= 0.3 is 5.97 Å². The third-order valence-electron chi connectivity index (χ3n) is 5.80. The van der Waals surface area contributed by atoms with E-state index in [1.165, 1.54) is 12.7 Å². The van der Waals surface area contributed by atoms with Gasteiger partial charge in [0, 0.05) is 23.5 Å². The first kappa shape index (κ1) is 31.2. The van der Waals surface area contributed by atoms with Gasteiger partial charge in [-0.05, 0) is 61.1 Å². The van der Waals surface area contributed by atoms with Crippen molar-refractivity contribution in [2.75, 3.05) is 14.2 Å². The molecule has 6 nitrogen and oxygen atoms in total. The highest BCUT2D eigenvalue weighted by atomic mass is 35.5. The summed E-state index contributed by atoms with van der Waals surface area (Å²) < 4.78 is 16.4. The summed E-state index contributed by atoms with van der Waals surface area (Å²) in [5, 5.41) is 0. The van der Waals surface area contributed by atoms with Crippen molar-refractivity contribution < 1.29 is 19.0 Å². The fourth-order valence-corrected chi connectivity index (χ4v) is 4.05. The molecule has 0 spiro atoms. The first-order chi connectivity index (χ1) is 16.3. The molecule has 0 aliphatic carbocycles. The molecule has 3 aromatic rings. The molecule has 3 rings (SSSR count). The Morgan fingerprint density at radius 3 is 2.22 bits per heavy atom. The molecular weight excluding hydrogens is 499 g/mol. The molecule has 1 heterocycles. The van der Waals surface area contributed by atoms with Crippen LogP contribution in [0.25, 0.3) is 11.1 Å². The molecule has 0 radical (unpaired) electrons. The fourth-order valence-electron chi connectivity index (χ4n) is 4.05. The Morgan fingerprint density at radius 1 is 1.00 bits per heavy atom. The molecule has 1 aromatic heterocycles. The third-order valence-corrected chi connectivity index (χ3v) is 5.80. The number of esters is 1. The predicted octanol–water partition coefficient (Wildman–Crippen LogP) is 6.24. The number of carbonyl (C=O) groups excluding carboxylic acids is 1. The average Bonchev–Trinajstić information content (AvgIpc) is 2.82. The second-order valence-electron chi connectivity index (χ2n) is 8.79. The van der Waals surface area contributed by atoms with Crippen LogP contribution in [0.5, 0.6) is 11.5 Å². The number of rotatable bonds is 9. The highest BCUT2D eigenvalue weighted by molar-refractivity contribution is 5.93. The quantitative estimate of drug-likeness (QED) is 0.327. The van der Waals surface area contributed by atoms with Gasteiger partial charge in [0.25, 0.3) is 0 Å². The van der Waals surface area contributed by atoms with Gasteiger partial charge in [-0.1, -0.05) is 43.7 Å². The second-order valence-corrected chi connectivity index (χ2v) is 8.79. The number of methoxy groups -OCH3 is 2. The minimum Gasteiger partial charge on any atom is -0.497 e. The first-order valence-electron chi connectivity index (χ1n) is 11.5. The van der Waals surface area contributed by atoms with Crippen molar-refractivity contribution in [3.8, 4) is 22.6 Å². The molecule has 2 aromatic carbocycles. The summed E-state index contributed by atoms with van der Waals surface area (Å²) in [4.78, 5) is 17.3. The van der Waals surface area contributed by atoms with E-state index in [1.807, 2.05) is 6.92 Å². The van der Waals surface area contributed by atoms with Crippen molar-refractivity contribution in [1.29, 1.82) is 0 Å². The topological polar surface area (TPSA) is 83.7 Å². The summed E-state index contributed by atoms with van der Waals surface area (Å²) in [6.07, 6.45) is 0.846. The SMILES string of the molecule is COC(=O)c1cc(OC)ccc1OCc1c(C)nc(CC(C)C)c(CN)c1-c1ccc(C)cc1.Cl.Cl. The molecule has 2 N–H and O–H groups in total. The van der Waals surface area contributed by atoms with Crippen molar-refractivity contribution in [3.63, 3.8) is 0 Å². The summed E-state index contributed by atoms with van der Waals surface area (Å²) >= 11 is 0. The normalized spacial score (nSPS) is 10.3. The fraction of sp³-hybridized carbons (Fsp3) is 0.357. The van der Waals surface area contributed by atoms with Crippen LogP contribution in [0.3, 0.4) is 0 Å². The lowest BCUT2D eigenvalue weighted by molar-refractivity contribution is 0.0595. The Kier molecular flexibility index (Phi) is 12.2. The molecular formula is C28H36Cl2N2O4. The summed E-state index contributed by atoms with van der Waals surface area (Å²) in [5.41, 5.74) is 13.8. The lowest BCUT2D eigenvalue weighted by Crippen LogP contribution is -2.15. The van der Waals surface area contributed by atoms with Gasteiger partial charge in [-0.25, -0.2) is 4.79 Å². The van der Waals surface area contributed by atoms with Gasteiger partial charge in [-0.15, -0.1) is 24.8 Å². The zero-order valence-electron chi connectivity index (χ0n) is 21.7. The van der Waals surface area contributed by atoms with Crippen LogP contribution in [0, 0.1) is 19.8 Å². The molecule has 0 aliphatic rings. The Bertz CT molecular complexity index is 1170. The molecule has 0 saturated carbocycles. The van der Waals surface area contributed by atoms with Gasteiger partial charge in [-0.3, -0.25) is 4.98 Å². The molecule has 0 bridgehead atoms. The van der Waals surface area contributed by atoms with E-state index in [9.17, 15) is 4.79 Å². The highest BCUT2D eigenvalue weighted by Crippen LogP contribution is 2.34. The van der Waals surface area contributed by atoms with Crippen LogP contribution >= 0.6 is 24.8 Å². The first-order valence-corrected chi connectivity index (χ1v) is 11.5. The molecule has 0 amide bonds. The van der Waals surface area contributed by atoms with Crippen LogP contribution in [0.2, 0.25) is 0 Å². The Morgan fingerprint density at radius 2 is 1.67 bits per heavy atom. The Hall–Kier alpha value is -2.80. The van der Waals surface area contributed by atoms with E-state index in [2.05, 4.69) is 45.0 Å². The van der Waals surface area contributed by atoms with Crippen molar-refractivity contribution in [2.24, 2.45) is 11.7 Å². The number of benzene rings is 2. The van der Waals surface area contributed by atoms with Crippen LogP contribution in [-0.4, -0.2) is 25.2 Å². The van der Waals surface area contributed by atoms with E-state index in [-0.39, 0.29) is 31.4 Å². The zero-order valence-corrected chi connectivity index (χ0v) is 23.3. The minimum absolute atomic E-state index is 0. The minimum atomic E-state index is -0.488. The van der Waals surface area contributed by atoms with Gasteiger partial charge in [0.05, 0.1) is 14.2 Å². The number of hydrogen-bond donors (Lipinski definition) is 1. The summed E-state index contributed by atoms with van der Waals surface area (Å²) in [5.74, 6) is 0.932. The maximum Gasteiger partial charge on any atom is 0.341 e. The maximum atomic E-state index is 12.4. The second kappa shape index (κ2) is 14.1. The number of ether oxygens (including phenoxy) is 3. The molecule has 8 heteroatoms. The Balaban J connectivity index is 0.00000324. The number of aryl methyl sites for hydroxylation is 2. The van der Waals surface area contributed by atoms with Gasteiger partial charge < -0.3 is 19.9 Å². The standard InChI is InChI=1S/C28H34N2O4.2ClH/c1-17(2)13-25-23(15-29)27(20-9-7-18(3)8-10-20)24(19(4)30-25)16-34-26-12-11-21(32-5)14-22(26)28(31)33-6;;/h7-12,14,17H,13,15-16,29H2,1-6H3;2*1H. The van der Waals surface area contributed by atoms with Crippen LogP contribution in [0.4, 0.5) is 0 Å². The predicted molar refractivity (Wildman–Crippen MR) is 149 cm³/mol. The number of nitrogens with zero attached hydrogens (tertiary/aromatic N) is 1. The summed E-state index contributed by atoms with van der Waals surface area (Å²) in [6.45, 7) is 9.03.